The summed E-state index contributed by atoms with van der Waals surface area (Å²) in [7, 11) is 4.97. The Balaban J connectivity index is 2.83. The van der Waals surface area contributed by atoms with Gasteiger partial charge in [-0.05, 0) is 23.8 Å². The van der Waals surface area contributed by atoms with Crippen LogP contribution in [0.25, 0.3) is 6.08 Å². The lowest BCUT2D eigenvalue weighted by atomic mass is 10.1. The van der Waals surface area contributed by atoms with Crippen LogP contribution in [0.1, 0.15) is 5.56 Å². The second kappa shape index (κ2) is 5.21. The van der Waals surface area contributed by atoms with Crippen molar-refractivity contribution < 1.29 is 9.53 Å². The smallest absolute Gasteiger partial charge is 0.246 e. The number of nitrogens with zero attached hydrogens (tertiary/aromatic N) is 1. The molecule has 16 heavy (non-hydrogen) atoms. The third-order valence-corrected chi connectivity index (χ3v) is 2.11. The van der Waals surface area contributed by atoms with E-state index < -0.39 is 0 Å². The van der Waals surface area contributed by atoms with Gasteiger partial charge < -0.3 is 15.4 Å². The van der Waals surface area contributed by atoms with Gasteiger partial charge in [-0.3, -0.25) is 4.79 Å². The first-order chi connectivity index (χ1) is 7.54. The van der Waals surface area contributed by atoms with Crippen LogP contribution in [0.5, 0.6) is 5.75 Å². The lowest BCUT2D eigenvalue weighted by Gasteiger charge is -2.06. The average Bonchev–Trinajstić information content (AvgIpc) is 2.25. The largest absolute Gasteiger partial charge is 0.495 e. The highest BCUT2D eigenvalue weighted by atomic mass is 16.5. The molecule has 4 nitrogen and oxygen atoms in total. The van der Waals surface area contributed by atoms with Crippen molar-refractivity contribution in [3.63, 3.8) is 0 Å². The first-order valence-corrected chi connectivity index (χ1v) is 4.87. The maximum Gasteiger partial charge on any atom is 0.246 e. The van der Waals surface area contributed by atoms with Crippen LogP contribution in [0, 0.1) is 0 Å². The second-order valence-electron chi connectivity index (χ2n) is 3.57. The molecule has 0 unspecified atom stereocenters. The van der Waals surface area contributed by atoms with Crippen LogP contribution in [0.2, 0.25) is 0 Å². The Labute approximate surface area is 95.3 Å². The normalized spacial score (nSPS) is 10.4. The fraction of sp³-hybridized carbons (Fsp3) is 0.250. The van der Waals surface area contributed by atoms with Crippen LogP contribution in [0.15, 0.2) is 24.3 Å². The van der Waals surface area contributed by atoms with Crippen molar-refractivity contribution in [1.82, 2.24) is 4.90 Å². The Bertz CT molecular complexity index is 411. The van der Waals surface area contributed by atoms with Crippen molar-refractivity contribution in [3.8, 4) is 5.75 Å². The van der Waals surface area contributed by atoms with Crippen LogP contribution >= 0.6 is 0 Å². The van der Waals surface area contributed by atoms with Gasteiger partial charge in [0.15, 0.2) is 0 Å². The molecule has 0 saturated carbocycles. The van der Waals surface area contributed by atoms with E-state index in [2.05, 4.69) is 0 Å². The Morgan fingerprint density at radius 1 is 1.44 bits per heavy atom. The summed E-state index contributed by atoms with van der Waals surface area (Å²) in [6.45, 7) is 0. The number of carbonyl (C=O) groups excluding carboxylic acids is 1. The van der Waals surface area contributed by atoms with Gasteiger partial charge >= 0.3 is 0 Å². The van der Waals surface area contributed by atoms with Gasteiger partial charge in [0.05, 0.1) is 12.8 Å². The maximum atomic E-state index is 11.3. The highest BCUT2D eigenvalue weighted by Crippen LogP contribution is 2.22. The zero-order valence-corrected chi connectivity index (χ0v) is 9.73. The quantitative estimate of drug-likeness (QED) is 0.618. The molecule has 0 aliphatic carbocycles. The van der Waals surface area contributed by atoms with Crippen molar-refractivity contribution in [2.45, 2.75) is 0 Å². The summed E-state index contributed by atoms with van der Waals surface area (Å²) < 4.78 is 5.04. The van der Waals surface area contributed by atoms with E-state index in [9.17, 15) is 4.79 Å². The van der Waals surface area contributed by atoms with Crippen LogP contribution in [0.3, 0.4) is 0 Å². The molecule has 0 bridgehead atoms. The summed E-state index contributed by atoms with van der Waals surface area (Å²) in [5.41, 5.74) is 7.17. The highest BCUT2D eigenvalue weighted by molar-refractivity contribution is 5.91. The summed E-state index contributed by atoms with van der Waals surface area (Å²) in [6.07, 6.45) is 3.22. The number of methoxy groups -OCH3 is 1. The minimum atomic E-state index is -0.0608. The third-order valence-electron chi connectivity index (χ3n) is 2.11. The molecule has 0 heterocycles. The summed E-state index contributed by atoms with van der Waals surface area (Å²) >= 11 is 0. The molecule has 2 N–H and O–H groups in total. The fourth-order valence-electron chi connectivity index (χ4n) is 1.17. The van der Waals surface area contributed by atoms with Crippen molar-refractivity contribution in [1.29, 1.82) is 0 Å². The summed E-state index contributed by atoms with van der Waals surface area (Å²) in [6, 6.07) is 5.38. The minimum Gasteiger partial charge on any atom is -0.495 e. The lowest BCUT2D eigenvalue weighted by Crippen LogP contribution is -2.18. The Hall–Kier alpha value is -1.97. The number of nitrogen functional groups attached to an aromatic ring is 1. The molecule has 0 aliphatic rings. The maximum absolute atomic E-state index is 11.3. The minimum absolute atomic E-state index is 0.0608. The first kappa shape index (κ1) is 12.1. The van der Waals surface area contributed by atoms with Gasteiger partial charge in [-0.1, -0.05) is 6.07 Å². The van der Waals surface area contributed by atoms with E-state index in [4.69, 9.17) is 10.5 Å². The van der Waals surface area contributed by atoms with Crippen molar-refractivity contribution in [2.24, 2.45) is 0 Å². The summed E-state index contributed by atoms with van der Waals surface area (Å²) in [5, 5.41) is 0. The molecule has 0 aromatic heterocycles. The standard InChI is InChI=1S/C12H16N2O2/c1-14(2)12(15)7-5-9-4-6-11(16-3)10(13)8-9/h4-8H,13H2,1-3H3/b7-5+. The SMILES string of the molecule is COc1ccc(/C=C/C(=O)N(C)C)cc1N. The van der Waals surface area contributed by atoms with Crippen molar-refractivity contribution in [2.75, 3.05) is 26.9 Å². The number of benzene rings is 1. The number of carbonyl (C=O) groups is 1. The van der Waals surface area contributed by atoms with Crippen LogP contribution in [0.4, 0.5) is 5.69 Å². The molecule has 0 radical (unpaired) electrons. The van der Waals surface area contributed by atoms with E-state index in [0.717, 1.165) is 5.56 Å². The molecule has 0 saturated heterocycles. The third kappa shape index (κ3) is 3.02. The van der Waals surface area contributed by atoms with Crippen molar-refractivity contribution in [3.05, 3.63) is 29.8 Å². The lowest BCUT2D eigenvalue weighted by molar-refractivity contribution is -0.123. The van der Waals surface area contributed by atoms with Gasteiger partial charge in [-0.25, -0.2) is 0 Å². The van der Waals surface area contributed by atoms with Crippen LogP contribution in [-0.2, 0) is 4.79 Å². The molecule has 0 fully saturated rings. The number of rotatable bonds is 3. The molecule has 0 spiro atoms. The molecule has 1 aromatic rings. The van der Waals surface area contributed by atoms with Gasteiger partial charge in [-0.15, -0.1) is 0 Å². The Morgan fingerprint density at radius 2 is 2.12 bits per heavy atom. The Morgan fingerprint density at radius 3 is 2.62 bits per heavy atom. The van der Waals surface area contributed by atoms with Gasteiger partial charge in [-0.2, -0.15) is 0 Å². The summed E-state index contributed by atoms with van der Waals surface area (Å²) in [4.78, 5) is 12.8. The van der Waals surface area contributed by atoms with Crippen LogP contribution in [-0.4, -0.2) is 32.0 Å². The first-order valence-electron chi connectivity index (χ1n) is 4.87. The van der Waals surface area contributed by atoms with Gasteiger partial charge in [0, 0.05) is 20.2 Å². The number of amides is 1. The molecular formula is C12H16N2O2. The zero-order valence-electron chi connectivity index (χ0n) is 9.73. The second-order valence-corrected chi connectivity index (χ2v) is 3.57. The number of nitrogens with two attached hydrogens (primary N) is 1. The van der Waals surface area contributed by atoms with Crippen LogP contribution < -0.4 is 10.5 Å². The number of likely N-dealkylation sites (N-methyl/N-ethyl adjacent to an activating group) is 1. The highest BCUT2D eigenvalue weighted by Gasteiger charge is 2.00. The number of hydrogen-bond donors (Lipinski definition) is 1. The van der Waals surface area contributed by atoms with E-state index in [-0.39, 0.29) is 5.91 Å². The molecule has 0 aliphatic heterocycles. The Kier molecular flexibility index (Phi) is 3.94. The van der Waals surface area contributed by atoms with Crippen molar-refractivity contribution >= 4 is 17.7 Å². The molecule has 1 amide bonds. The molecule has 0 atom stereocenters. The zero-order chi connectivity index (χ0) is 12.1. The topological polar surface area (TPSA) is 55.6 Å². The van der Waals surface area contributed by atoms with E-state index in [1.54, 1.807) is 39.4 Å². The number of hydrogen-bond acceptors (Lipinski definition) is 3. The molecule has 4 heteroatoms. The van der Waals surface area contributed by atoms with E-state index in [1.165, 1.54) is 11.0 Å². The van der Waals surface area contributed by atoms with E-state index in [0.29, 0.717) is 11.4 Å². The number of ether oxygens (including phenoxy) is 1. The predicted octanol–water partition coefficient (Wildman–Crippen LogP) is 1.38. The molecular weight excluding hydrogens is 204 g/mol. The molecule has 1 rings (SSSR count). The van der Waals surface area contributed by atoms with E-state index >= 15 is 0 Å². The van der Waals surface area contributed by atoms with Gasteiger partial charge in [0.2, 0.25) is 5.91 Å². The van der Waals surface area contributed by atoms with Gasteiger partial charge in [0.1, 0.15) is 5.75 Å². The predicted molar refractivity (Wildman–Crippen MR) is 65.1 cm³/mol. The molecule has 86 valence electrons. The average molecular weight is 220 g/mol. The monoisotopic (exact) mass is 220 g/mol. The summed E-state index contributed by atoms with van der Waals surface area (Å²) in [5.74, 6) is 0.575. The van der Waals surface area contributed by atoms with Gasteiger partial charge in [0.25, 0.3) is 0 Å². The van der Waals surface area contributed by atoms with E-state index in [1.807, 2.05) is 6.07 Å². The molecule has 1 aromatic carbocycles. The number of anilines is 1. The fourth-order valence-corrected chi connectivity index (χ4v) is 1.17.